The van der Waals surface area contributed by atoms with Gasteiger partial charge in [0.1, 0.15) is 0 Å². The van der Waals surface area contributed by atoms with Gasteiger partial charge >= 0.3 is 0 Å². The molecule has 0 aliphatic heterocycles. The fraction of sp³-hybridized carbons (Fsp3) is 0.333. The summed E-state index contributed by atoms with van der Waals surface area (Å²) >= 11 is 6.07. The number of rotatable bonds is 8. The lowest BCUT2D eigenvalue weighted by Gasteiger charge is -2.25. The number of benzene rings is 2. The number of Topliss-reactive ketones (excluding diaryl/α,β-unsaturated/α-hetero) is 1. The van der Waals surface area contributed by atoms with Crippen LogP contribution in [0.3, 0.4) is 0 Å². The van der Waals surface area contributed by atoms with Crippen LogP contribution < -0.4 is 5.32 Å². The summed E-state index contributed by atoms with van der Waals surface area (Å²) in [5.74, 6) is -0.140. The molecule has 2 aromatic rings. The summed E-state index contributed by atoms with van der Waals surface area (Å²) in [5.41, 5.74) is 2.79. The first-order valence-electron chi connectivity index (χ1n) is 8.65. The molecule has 2 rings (SSSR count). The first-order chi connectivity index (χ1) is 12.4. The van der Waals surface area contributed by atoms with Crippen LogP contribution in [0.1, 0.15) is 40.4 Å². The molecule has 0 aromatic heterocycles. The highest BCUT2D eigenvalue weighted by molar-refractivity contribution is 6.30. The highest BCUT2D eigenvalue weighted by Gasteiger charge is 2.16. The number of likely N-dealkylation sites (N-methyl/N-ethyl adjacent to an activating group) is 1. The van der Waals surface area contributed by atoms with Crippen LogP contribution in [0.2, 0.25) is 5.02 Å². The minimum absolute atomic E-state index is 0.0147. The van der Waals surface area contributed by atoms with Crippen molar-refractivity contribution in [3.8, 4) is 0 Å². The Morgan fingerprint density at radius 3 is 2.38 bits per heavy atom. The third-order valence-corrected chi connectivity index (χ3v) is 4.54. The van der Waals surface area contributed by atoms with Crippen molar-refractivity contribution in [2.75, 3.05) is 20.6 Å². The summed E-state index contributed by atoms with van der Waals surface area (Å²) in [7, 11) is 3.91. The molecule has 1 unspecified atom stereocenters. The second-order valence-corrected chi connectivity index (χ2v) is 7.06. The zero-order valence-electron chi connectivity index (χ0n) is 15.5. The van der Waals surface area contributed by atoms with E-state index < -0.39 is 0 Å². The van der Waals surface area contributed by atoms with Crippen LogP contribution in [-0.4, -0.2) is 37.2 Å². The molecular weight excluding hydrogens is 348 g/mol. The van der Waals surface area contributed by atoms with Gasteiger partial charge in [-0.15, -0.1) is 0 Å². The highest BCUT2D eigenvalue weighted by atomic mass is 35.5. The molecule has 138 valence electrons. The fourth-order valence-corrected chi connectivity index (χ4v) is 2.92. The van der Waals surface area contributed by atoms with Crippen molar-refractivity contribution in [1.29, 1.82) is 0 Å². The molecule has 0 aliphatic carbocycles. The maximum atomic E-state index is 12.2. The van der Waals surface area contributed by atoms with Crippen LogP contribution in [0, 0.1) is 6.92 Å². The number of hydrogen-bond acceptors (Lipinski definition) is 3. The molecule has 4 nitrogen and oxygen atoms in total. The van der Waals surface area contributed by atoms with Crippen molar-refractivity contribution in [1.82, 2.24) is 10.2 Å². The van der Waals surface area contributed by atoms with Crippen LogP contribution in [0.5, 0.6) is 0 Å². The number of aryl methyl sites for hydroxylation is 1. The number of halogens is 1. The molecule has 5 heteroatoms. The monoisotopic (exact) mass is 372 g/mol. The molecule has 0 radical (unpaired) electrons. The lowest BCUT2D eigenvalue weighted by Crippen LogP contribution is -2.34. The van der Waals surface area contributed by atoms with Crippen molar-refractivity contribution >= 4 is 23.3 Å². The minimum Gasteiger partial charge on any atom is -0.354 e. The normalized spacial score (nSPS) is 12.0. The maximum absolute atomic E-state index is 12.2. The lowest BCUT2D eigenvalue weighted by atomic mass is 10.0. The Labute approximate surface area is 160 Å². The molecule has 0 aliphatic rings. The van der Waals surface area contributed by atoms with Gasteiger partial charge in [0.05, 0.1) is 6.04 Å². The first kappa shape index (κ1) is 20.1. The average Bonchev–Trinajstić information content (AvgIpc) is 2.60. The van der Waals surface area contributed by atoms with Crippen LogP contribution in [0.25, 0.3) is 0 Å². The number of carbonyl (C=O) groups excluding carboxylic acids is 2. The van der Waals surface area contributed by atoms with Crippen molar-refractivity contribution in [3.05, 3.63) is 70.2 Å². The highest BCUT2D eigenvalue weighted by Crippen LogP contribution is 2.21. The van der Waals surface area contributed by atoms with Crippen molar-refractivity contribution < 1.29 is 9.59 Å². The SMILES string of the molecule is Cc1ccc(C(=O)CCC(=O)NCC(c2cccc(Cl)c2)N(C)C)cc1. The number of hydrogen-bond donors (Lipinski definition) is 1. The van der Waals surface area contributed by atoms with E-state index in [9.17, 15) is 9.59 Å². The van der Waals surface area contributed by atoms with Gasteiger partial charge in [-0.05, 0) is 38.7 Å². The lowest BCUT2D eigenvalue weighted by molar-refractivity contribution is -0.121. The van der Waals surface area contributed by atoms with Gasteiger partial charge in [0.15, 0.2) is 5.78 Å². The van der Waals surface area contributed by atoms with Crippen LogP contribution >= 0.6 is 11.6 Å². The van der Waals surface area contributed by atoms with Gasteiger partial charge in [0.2, 0.25) is 5.91 Å². The van der Waals surface area contributed by atoms with Crippen LogP contribution in [-0.2, 0) is 4.79 Å². The summed E-state index contributed by atoms with van der Waals surface area (Å²) in [6, 6.07) is 15.0. The predicted octanol–water partition coefficient (Wildman–Crippen LogP) is 4.03. The smallest absolute Gasteiger partial charge is 0.220 e. The molecule has 1 atom stereocenters. The van der Waals surface area contributed by atoms with E-state index in [1.807, 2.05) is 62.3 Å². The predicted molar refractivity (Wildman–Crippen MR) is 106 cm³/mol. The van der Waals surface area contributed by atoms with E-state index in [4.69, 9.17) is 11.6 Å². The van der Waals surface area contributed by atoms with E-state index in [1.165, 1.54) is 0 Å². The molecule has 0 saturated heterocycles. The number of nitrogens with zero attached hydrogens (tertiary/aromatic N) is 1. The van der Waals surface area contributed by atoms with Gasteiger partial charge in [-0.3, -0.25) is 9.59 Å². The quantitative estimate of drug-likeness (QED) is 0.712. The van der Waals surface area contributed by atoms with Crippen molar-refractivity contribution in [2.45, 2.75) is 25.8 Å². The van der Waals surface area contributed by atoms with E-state index >= 15 is 0 Å². The second-order valence-electron chi connectivity index (χ2n) is 6.63. The standard InChI is InChI=1S/C21H25ClN2O2/c1-15-7-9-16(10-8-15)20(25)11-12-21(26)23-14-19(24(2)3)17-5-4-6-18(22)13-17/h4-10,13,19H,11-12,14H2,1-3H3,(H,23,26). The molecule has 0 heterocycles. The molecule has 1 amide bonds. The van der Waals surface area contributed by atoms with Crippen LogP contribution in [0.15, 0.2) is 48.5 Å². The summed E-state index contributed by atoms with van der Waals surface area (Å²) in [4.78, 5) is 26.3. The van der Waals surface area contributed by atoms with Gasteiger partial charge in [-0.1, -0.05) is 53.6 Å². The number of amides is 1. The fourth-order valence-electron chi connectivity index (χ4n) is 2.72. The zero-order valence-corrected chi connectivity index (χ0v) is 16.2. The molecular formula is C21H25ClN2O2. The summed E-state index contributed by atoms with van der Waals surface area (Å²) in [6.45, 7) is 2.44. The Hall–Kier alpha value is -2.17. The van der Waals surface area contributed by atoms with Crippen molar-refractivity contribution in [2.24, 2.45) is 0 Å². The van der Waals surface area contributed by atoms with E-state index in [-0.39, 0.29) is 30.6 Å². The van der Waals surface area contributed by atoms with Gasteiger partial charge in [-0.2, -0.15) is 0 Å². The Morgan fingerprint density at radius 1 is 1.08 bits per heavy atom. The molecule has 0 saturated carbocycles. The zero-order chi connectivity index (χ0) is 19.1. The third kappa shape index (κ3) is 5.97. The Balaban J connectivity index is 1.86. The van der Waals surface area contributed by atoms with E-state index in [1.54, 1.807) is 12.1 Å². The maximum Gasteiger partial charge on any atom is 0.220 e. The Kier molecular flexibility index (Phi) is 7.37. The summed E-state index contributed by atoms with van der Waals surface area (Å²) < 4.78 is 0. The molecule has 1 N–H and O–H groups in total. The van der Waals surface area contributed by atoms with Crippen molar-refractivity contribution in [3.63, 3.8) is 0 Å². The third-order valence-electron chi connectivity index (χ3n) is 4.30. The number of nitrogens with one attached hydrogen (secondary N) is 1. The minimum atomic E-state index is -0.126. The first-order valence-corrected chi connectivity index (χ1v) is 9.03. The molecule has 0 bridgehead atoms. The van der Waals surface area contributed by atoms with E-state index in [0.717, 1.165) is 11.1 Å². The molecule has 2 aromatic carbocycles. The van der Waals surface area contributed by atoms with E-state index in [2.05, 4.69) is 5.32 Å². The van der Waals surface area contributed by atoms with Gasteiger partial charge in [-0.25, -0.2) is 0 Å². The van der Waals surface area contributed by atoms with Crippen LogP contribution in [0.4, 0.5) is 0 Å². The Bertz CT molecular complexity index is 757. The summed E-state index contributed by atoms with van der Waals surface area (Å²) in [6.07, 6.45) is 0.390. The van der Waals surface area contributed by atoms with Gasteiger partial charge < -0.3 is 10.2 Å². The average molecular weight is 373 g/mol. The molecule has 0 fully saturated rings. The van der Waals surface area contributed by atoms with Gasteiger partial charge in [0, 0.05) is 30.0 Å². The Morgan fingerprint density at radius 2 is 1.77 bits per heavy atom. The summed E-state index contributed by atoms with van der Waals surface area (Å²) in [5, 5.41) is 3.59. The number of carbonyl (C=O) groups is 2. The van der Waals surface area contributed by atoms with Gasteiger partial charge in [0.25, 0.3) is 0 Å². The largest absolute Gasteiger partial charge is 0.354 e. The van der Waals surface area contributed by atoms with E-state index in [0.29, 0.717) is 17.1 Å². The number of ketones is 1. The topological polar surface area (TPSA) is 49.4 Å². The molecule has 26 heavy (non-hydrogen) atoms. The molecule has 0 spiro atoms. The second kappa shape index (κ2) is 9.51.